The van der Waals surface area contributed by atoms with Crippen molar-refractivity contribution in [3.05, 3.63) is 29.8 Å². The minimum atomic E-state index is 0.376. The lowest BCUT2D eigenvalue weighted by molar-refractivity contribution is 0.259. The Bertz CT molecular complexity index is 446. The van der Waals surface area contributed by atoms with Crippen molar-refractivity contribution in [2.75, 3.05) is 13.6 Å². The molecule has 1 fully saturated rings. The van der Waals surface area contributed by atoms with Crippen molar-refractivity contribution in [1.29, 1.82) is 0 Å². The van der Waals surface area contributed by atoms with Gasteiger partial charge < -0.3 is 10.0 Å². The lowest BCUT2D eigenvalue weighted by Gasteiger charge is -2.35. The smallest absolute Gasteiger partial charge is 0.115 e. The second-order valence-corrected chi connectivity index (χ2v) is 6.24. The van der Waals surface area contributed by atoms with Crippen LogP contribution in [0.3, 0.4) is 0 Å². The zero-order valence-electron chi connectivity index (χ0n) is 11.8. The number of hydrogen-bond donors (Lipinski definition) is 1. The first-order chi connectivity index (χ1) is 9.08. The number of thiocarbonyl (C=S) groups is 1. The van der Waals surface area contributed by atoms with Crippen molar-refractivity contribution in [3.63, 3.8) is 0 Å². The molecule has 1 aliphatic rings. The summed E-state index contributed by atoms with van der Waals surface area (Å²) in [6.07, 6.45) is 5.08. The molecule has 2 nitrogen and oxygen atoms in total. The van der Waals surface area contributed by atoms with Gasteiger partial charge in [0.1, 0.15) is 5.75 Å². The van der Waals surface area contributed by atoms with Crippen molar-refractivity contribution >= 4 is 17.2 Å². The van der Waals surface area contributed by atoms with Crippen LogP contribution in [0.15, 0.2) is 24.3 Å². The Kier molecular flexibility index (Phi) is 4.81. The molecule has 0 aliphatic heterocycles. The number of nitrogens with zero attached hydrogens (tertiary/aromatic N) is 1. The van der Waals surface area contributed by atoms with E-state index >= 15 is 0 Å². The van der Waals surface area contributed by atoms with E-state index in [1.165, 1.54) is 31.2 Å². The maximum absolute atomic E-state index is 9.67. The van der Waals surface area contributed by atoms with Crippen LogP contribution in [0, 0.1) is 5.92 Å². The lowest BCUT2D eigenvalue weighted by Crippen LogP contribution is -2.33. The third-order valence-corrected chi connectivity index (χ3v) is 4.57. The van der Waals surface area contributed by atoms with Crippen LogP contribution in [0.2, 0.25) is 0 Å². The first-order valence-electron chi connectivity index (χ1n) is 7.08. The van der Waals surface area contributed by atoms with Crippen LogP contribution >= 0.6 is 12.2 Å². The van der Waals surface area contributed by atoms with Gasteiger partial charge in [-0.3, -0.25) is 0 Å². The van der Waals surface area contributed by atoms with Gasteiger partial charge in [-0.05, 0) is 49.3 Å². The number of phenolic OH excluding ortho intramolecular Hbond substituents is 1. The third-order valence-electron chi connectivity index (χ3n) is 4.25. The van der Waals surface area contributed by atoms with Gasteiger partial charge in [-0.1, -0.05) is 37.2 Å². The molecule has 0 aromatic heterocycles. The van der Waals surface area contributed by atoms with Gasteiger partial charge in [0.25, 0.3) is 0 Å². The number of phenols is 1. The highest BCUT2D eigenvalue weighted by atomic mass is 32.1. The molecule has 0 heterocycles. The maximum atomic E-state index is 9.67. The Hall–Kier alpha value is -1.09. The van der Waals surface area contributed by atoms with Gasteiger partial charge in [-0.2, -0.15) is 0 Å². The van der Waals surface area contributed by atoms with Gasteiger partial charge in [0.15, 0.2) is 0 Å². The Morgan fingerprint density at radius 1 is 1.37 bits per heavy atom. The van der Waals surface area contributed by atoms with E-state index in [1.54, 1.807) is 6.07 Å². The molecule has 1 saturated carbocycles. The molecule has 2 atom stereocenters. The van der Waals surface area contributed by atoms with Gasteiger partial charge >= 0.3 is 0 Å². The fraction of sp³-hybridized carbons (Fsp3) is 0.562. The van der Waals surface area contributed by atoms with Crippen LogP contribution in [0.25, 0.3) is 0 Å². The zero-order valence-corrected chi connectivity index (χ0v) is 12.6. The summed E-state index contributed by atoms with van der Waals surface area (Å²) in [5.41, 5.74) is 1.28. The molecular weight excluding hydrogens is 254 g/mol. The minimum absolute atomic E-state index is 0.376. The van der Waals surface area contributed by atoms with Gasteiger partial charge in [-0.15, -0.1) is 0 Å². The molecule has 19 heavy (non-hydrogen) atoms. The van der Waals surface area contributed by atoms with Crippen molar-refractivity contribution in [2.24, 2.45) is 5.92 Å². The lowest BCUT2D eigenvalue weighted by atomic mass is 9.75. The summed E-state index contributed by atoms with van der Waals surface area (Å²) < 4.78 is 0. The van der Waals surface area contributed by atoms with Crippen LogP contribution in [0.1, 0.15) is 44.1 Å². The number of benzene rings is 1. The average molecular weight is 277 g/mol. The Morgan fingerprint density at radius 2 is 2.11 bits per heavy atom. The molecule has 1 aromatic carbocycles. The largest absolute Gasteiger partial charge is 0.508 e. The fourth-order valence-electron chi connectivity index (χ4n) is 3.10. The van der Waals surface area contributed by atoms with E-state index in [4.69, 9.17) is 12.2 Å². The standard InChI is InChI=1S/C16H23NOS/c1-12(19)17(2)11-14-6-3-4-9-16(14)13-7-5-8-15(18)10-13/h5,7-8,10,14,16,18H,3-4,6,9,11H2,1-2H3. The van der Waals surface area contributed by atoms with Crippen molar-refractivity contribution < 1.29 is 5.11 Å². The van der Waals surface area contributed by atoms with Gasteiger partial charge in [0.2, 0.25) is 0 Å². The Morgan fingerprint density at radius 3 is 2.79 bits per heavy atom. The van der Waals surface area contributed by atoms with E-state index < -0.39 is 0 Å². The molecule has 0 saturated heterocycles. The van der Waals surface area contributed by atoms with E-state index in [-0.39, 0.29) is 0 Å². The molecule has 2 unspecified atom stereocenters. The summed E-state index contributed by atoms with van der Waals surface area (Å²) in [6, 6.07) is 7.76. The van der Waals surface area contributed by atoms with E-state index in [2.05, 4.69) is 18.0 Å². The molecule has 104 valence electrons. The highest BCUT2D eigenvalue weighted by molar-refractivity contribution is 7.80. The molecule has 0 spiro atoms. The normalized spacial score (nSPS) is 23.1. The molecule has 1 aliphatic carbocycles. The predicted octanol–water partition coefficient (Wildman–Crippen LogP) is 3.95. The monoisotopic (exact) mass is 277 g/mol. The van der Waals surface area contributed by atoms with E-state index in [9.17, 15) is 5.11 Å². The van der Waals surface area contributed by atoms with Gasteiger partial charge in [-0.25, -0.2) is 0 Å². The SMILES string of the molecule is CC(=S)N(C)CC1CCCCC1c1cccc(O)c1. The molecule has 0 bridgehead atoms. The molecule has 3 heteroatoms. The summed E-state index contributed by atoms with van der Waals surface area (Å²) in [6.45, 7) is 3.01. The topological polar surface area (TPSA) is 23.5 Å². The van der Waals surface area contributed by atoms with Crippen molar-refractivity contribution in [2.45, 2.75) is 38.5 Å². The second kappa shape index (κ2) is 6.38. The van der Waals surface area contributed by atoms with Crippen LogP contribution in [-0.2, 0) is 0 Å². The Labute approximate surface area is 121 Å². The molecule has 0 radical (unpaired) electrons. The summed E-state index contributed by atoms with van der Waals surface area (Å²) in [4.78, 5) is 3.14. The van der Waals surface area contributed by atoms with Crippen LogP contribution < -0.4 is 0 Å². The molecular formula is C16H23NOS. The molecule has 0 amide bonds. The van der Waals surface area contributed by atoms with Crippen LogP contribution in [0.5, 0.6) is 5.75 Å². The van der Waals surface area contributed by atoms with E-state index in [1.807, 2.05) is 19.1 Å². The molecule has 1 N–H and O–H groups in total. The average Bonchev–Trinajstić information content (AvgIpc) is 2.39. The first-order valence-corrected chi connectivity index (χ1v) is 7.49. The number of rotatable bonds is 3. The van der Waals surface area contributed by atoms with E-state index in [0.717, 1.165) is 11.5 Å². The predicted molar refractivity (Wildman–Crippen MR) is 83.7 cm³/mol. The highest BCUT2D eigenvalue weighted by Gasteiger charge is 2.27. The van der Waals surface area contributed by atoms with Gasteiger partial charge in [0, 0.05) is 13.6 Å². The summed E-state index contributed by atoms with van der Waals surface area (Å²) in [5, 5.41) is 9.67. The quantitative estimate of drug-likeness (QED) is 0.846. The third kappa shape index (κ3) is 3.69. The van der Waals surface area contributed by atoms with Gasteiger partial charge in [0.05, 0.1) is 4.99 Å². The number of aromatic hydroxyl groups is 1. The maximum Gasteiger partial charge on any atom is 0.115 e. The molecule has 2 rings (SSSR count). The minimum Gasteiger partial charge on any atom is -0.508 e. The fourth-order valence-corrected chi connectivity index (χ4v) is 3.18. The number of hydrogen-bond acceptors (Lipinski definition) is 2. The van der Waals surface area contributed by atoms with Crippen LogP contribution in [0.4, 0.5) is 0 Å². The Balaban J connectivity index is 2.14. The molecule has 1 aromatic rings. The summed E-state index contributed by atoms with van der Waals surface area (Å²) in [7, 11) is 2.08. The highest BCUT2D eigenvalue weighted by Crippen LogP contribution is 2.38. The van der Waals surface area contributed by atoms with Crippen molar-refractivity contribution in [3.8, 4) is 5.75 Å². The van der Waals surface area contributed by atoms with E-state index in [0.29, 0.717) is 17.6 Å². The van der Waals surface area contributed by atoms with Crippen molar-refractivity contribution in [1.82, 2.24) is 4.90 Å². The summed E-state index contributed by atoms with van der Waals surface area (Å²) in [5.74, 6) is 1.57. The second-order valence-electron chi connectivity index (χ2n) is 5.65. The first kappa shape index (κ1) is 14.3. The van der Waals surface area contributed by atoms with Crippen LogP contribution in [-0.4, -0.2) is 28.6 Å². The summed E-state index contributed by atoms with van der Waals surface area (Å²) >= 11 is 5.25. The zero-order chi connectivity index (χ0) is 13.8.